The molecule has 3 rings (SSSR count). The quantitative estimate of drug-likeness (QED) is 0.859. The molecule has 2 N–H and O–H groups in total. The monoisotopic (exact) mass is 380 g/mol. The molecule has 0 spiro atoms. The number of carbonyl (C=O) groups is 1. The highest BCUT2D eigenvalue weighted by Crippen LogP contribution is 2.27. The van der Waals surface area contributed by atoms with Crippen LogP contribution in [0.25, 0.3) is 11.3 Å². The van der Waals surface area contributed by atoms with Crippen LogP contribution in [0, 0.1) is 11.7 Å². The number of benzene rings is 1. The van der Waals surface area contributed by atoms with Crippen molar-refractivity contribution in [2.75, 3.05) is 19.8 Å². The molecule has 2 aromatic rings. The van der Waals surface area contributed by atoms with Gasteiger partial charge in [-0.2, -0.15) is 0 Å². The van der Waals surface area contributed by atoms with Gasteiger partial charge in [-0.15, -0.1) is 0 Å². The van der Waals surface area contributed by atoms with Crippen LogP contribution in [0.2, 0.25) is 5.02 Å². The van der Waals surface area contributed by atoms with Crippen LogP contribution in [0.15, 0.2) is 36.5 Å². The van der Waals surface area contributed by atoms with Gasteiger partial charge in [0.05, 0.1) is 36.5 Å². The Balaban J connectivity index is 1.65. The minimum Gasteiger partial charge on any atom is -0.493 e. The van der Waals surface area contributed by atoms with Gasteiger partial charge in [0, 0.05) is 24.2 Å². The molecule has 1 saturated heterocycles. The van der Waals surface area contributed by atoms with Gasteiger partial charge in [0.2, 0.25) is 0 Å². The van der Waals surface area contributed by atoms with E-state index in [9.17, 15) is 9.18 Å². The summed E-state index contributed by atoms with van der Waals surface area (Å²) in [4.78, 5) is 15.1. The van der Waals surface area contributed by atoms with Gasteiger partial charge in [0.1, 0.15) is 17.7 Å². The lowest BCUT2D eigenvalue weighted by molar-refractivity contribution is -0.0541. The van der Waals surface area contributed by atoms with Crippen molar-refractivity contribution in [1.82, 2.24) is 4.98 Å². The predicted molar refractivity (Wildman–Crippen MR) is 93.5 cm³/mol. The van der Waals surface area contributed by atoms with Crippen LogP contribution in [0.1, 0.15) is 6.42 Å². The topological polar surface area (TPSA) is 83.7 Å². The van der Waals surface area contributed by atoms with Crippen molar-refractivity contribution in [3.8, 4) is 17.0 Å². The Morgan fingerprint density at radius 2 is 2.23 bits per heavy atom. The number of pyridine rings is 1. The van der Waals surface area contributed by atoms with Crippen molar-refractivity contribution in [1.29, 1.82) is 0 Å². The molecule has 1 fully saturated rings. The summed E-state index contributed by atoms with van der Waals surface area (Å²) in [6.45, 7) is 1.09. The van der Waals surface area contributed by atoms with E-state index in [2.05, 4.69) is 4.98 Å². The molecule has 2 heterocycles. The normalized spacial score (nSPS) is 19.8. The minimum absolute atomic E-state index is 0.170. The number of nitrogens with zero attached hydrogens (tertiary/aromatic N) is 1. The fourth-order valence-corrected chi connectivity index (χ4v) is 2.88. The number of primary amides is 1. The van der Waals surface area contributed by atoms with E-state index in [0.717, 1.165) is 0 Å². The molecule has 0 bridgehead atoms. The van der Waals surface area contributed by atoms with E-state index >= 15 is 0 Å². The first kappa shape index (κ1) is 18.4. The molecule has 6 nitrogen and oxygen atoms in total. The first-order chi connectivity index (χ1) is 12.5. The molecule has 2 atom stereocenters. The molecule has 0 aliphatic carbocycles. The zero-order valence-corrected chi connectivity index (χ0v) is 14.6. The van der Waals surface area contributed by atoms with Crippen molar-refractivity contribution in [3.63, 3.8) is 0 Å². The summed E-state index contributed by atoms with van der Waals surface area (Å²) in [7, 11) is 0. The summed E-state index contributed by atoms with van der Waals surface area (Å²) < 4.78 is 30.5. The summed E-state index contributed by atoms with van der Waals surface area (Å²) in [5.41, 5.74) is 5.92. The lowest BCUT2D eigenvalue weighted by Gasteiger charge is -2.30. The zero-order chi connectivity index (χ0) is 18.5. The van der Waals surface area contributed by atoms with Gasteiger partial charge in [-0.05, 0) is 24.3 Å². The number of carbonyl (C=O) groups excluding carboxylic acids is 1. The summed E-state index contributed by atoms with van der Waals surface area (Å²) in [6.07, 6.45) is 0.811. The van der Waals surface area contributed by atoms with E-state index in [-0.39, 0.29) is 18.6 Å². The van der Waals surface area contributed by atoms with Gasteiger partial charge in [-0.3, -0.25) is 4.98 Å². The summed E-state index contributed by atoms with van der Waals surface area (Å²) in [5.74, 6) is -0.261. The maximum Gasteiger partial charge on any atom is 0.404 e. The lowest BCUT2D eigenvalue weighted by Crippen LogP contribution is -2.40. The number of amides is 1. The van der Waals surface area contributed by atoms with Crippen LogP contribution < -0.4 is 10.5 Å². The first-order valence-corrected chi connectivity index (χ1v) is 8.49. The van der Waals surface area contributed by atoms with Crippen LogP contribution in [-0.4, -0.2) is 37.0 Å². The van der Waals surface area contributed by atoms with Crippen LogP contribution in [0.4, 0.5) is 9.18 Å². The molecule has 138 valence electrons. The Kier molecular flexibility index (Phi) is 5.90. The van der Waals surface area contributed by atoms with Crippen LogP contribution in [0.3, 0.4) is 0 Å². The van der Waals surface area contributed by atoms with E-state index in [4.69, 9.17) is 31.5 Å². The summed E-state index contributed by atoms with van der Waals surface area (Å²) in [5, 5.41) is 0.483. The Morgan fingerprint density at radius 1 is 1.38 bits per heavy atom. The number of nitrogens with two attached hydrogens (primary N) is 1. The fraction of sp³-hybridized carbons (Fsp3) is 0.333. The van der Waals surface area contributed by atoms with Crippen molar-refractivity contribution >= 4 is 17.7 Å². The Morgan fingerprint density at radius 3 is 2.92 bits per heavy atom. The third-order valence-corrected chi connectivity index (χ3v) is 4.30. The first-order valence-electron chi connectivity index (χ1n) is 8.11. The highest BCUT2D eigenvalue weighted by Gasteiger charge is 2.29. The minimum atomic E-state index is -0.826. The summed E-state index contributed by atoms with van der Waals surface area (Å²) in [6, 6.07) is 7.83. The molecule has 8 heteroatoms. The highest BCUT2D eigenvalue weighted by molar-refractivity contribution is 6.30. The van der Waals surface area contributed by atoms with Gasteiger partial charge in [-0.1, -0.05) is 11.6 Å². The molecule has 1 aromatic carbocycles. The van der Waals surface area contributed by atoms with Crippen molar-refractivity contribution in [2.24, 2.45) is 11.7 Å². The fourth-order valence-electron chi connectivity index (χ4n) is 2.77. The molecule has 0 saturated carbocycles. The number of aromatic nitrogens is 1. The second-order valence-electron chi connectivity index (χ2n) is 5.91. The number of rotatable bonds is 5. The van der Waals surface area contributed by atoms with Gasteiger partial charge in [-0.25, -0.2) is 9.18 Å². The van der Waals surface area contributed by atoms with Gasteiger partial charge >= 0.3 is 6.09 Å². The SMILES string of the molecule is NC(=O)OC1CCOCC1COc1ccc(-c2ccc(Cl)cn2)c(F)c1. The molecule has 1 aliphatic heterocycles. The van der Waals surface area contributed by atoms with E-state index in [1.807, 2.05) is 0 Å². The van der Waals surface area contributed by atoms with Gasteiger partial charge in [0.25, 0.3) is 0 Å². The molecule has 1 aromatic heterocycles. The number of ether oxygens (including phenoxy) is 3. The molecule has 1 aliphatic rings. The molecule has 2 unspecified atom stereocenters. The molecule has 0 radical (unpaired) electrons. The average Bonchev–Trinajstić information content (AvgIpc) is 2.62. The second-order valence-corrected chi connectivity index (χ2v) is 6.35. The maximum atomic E-state index is 14.4. The van der Waals surface area contributed by atoms with Crippen LogP contribution >= 0.6 is 11.6 Å². The Bertz CT molecular complexity index is 772. The average molecular weight is 381 g/mol. The van der Waals surface area contributed by atoms with Gasteiger partial charge < -0.3 is 19.9 Å². The standard InChI is InChI=1S/C18H18ClFN2O4/c19-12-1-4-16(22-8-12)14-3-2-13(7-15(14)20)25-10-11-9-24-6-5-17(11)26-18(21)23/h1-4,7-8,11,17H,5-6,9-10H2,(H2,21,23). The van der Waals surface area contributed by atoms with E-state index < -0.39 is 11.9 Å². The number of hydrogen-bond donors (Lipinski definition) is 1. The third-order valence-electron chi connectivity index (χ3n) is 4.08. The van der Waals surface area contributed by atoms with Crippen LogP contribution in [0.5, 0.6) is 5.75 Å². The van der Waals surface area contributed by atoms with E-state index in [0.29, 0.717) is 41.7 Å². The predicted octanol–water partition coefficient (Wildman–Crippen LogP) is 3.42. The molecular weight excluding hydrogens is 363 g/mol. The molecular formula is C18H18ClFN2O4. The van der Waals surface area contributed by atoms with Crippen molar-refractivity contribution < 1.29 is 23.4 Å². The summed E-state index contributed by atoms with van der Waals surface area (Å²) >= 11 is 5.80. The van der Waals surface area contributed by atoms with E-state index in [1.54, 1.807) is 24.3 Å². The maximum absolute atomic E-state index is 14.4. The number of hydrogen-bond acceptors (Lipinski definition) is 5. The largest absolute Gasteiger partial charge is 0.493 e. The van der Waals surface area contributed by atoms with Crippen LogP contribution in [-0.2, 0) is 9.47 Å². The second kappa shape index (κ2) is 8.33. The third kappa shape index (κ3) is 4.62. The lowest BCUT2D eigenvalue weighted by atomic mass is 9.99. The van der Waals surface area contributed by atoms with Gasteiger partial charge in [0.15, 0.2) is 0 Å². The zero-order valence-electron chi connectivity index (χ0n) is 13.9. The van der Waals surface area contributed by atoms with Crippen molar-refractivity contribution in [2.45, 2.75) is 12.5 Å². The smallest absolute Gasteiger partial charge is 0.404 e. The molecule has 1 amide bonds. The van der Waals surface area contributed by atoms with E-state index in [1.165, 1.54) is 12.3 Å². The Hall–Kier alpha value is -2.38. The van der Waals surface area contributed by atoms with Crippen molar-refractivity contribution in [3.05, 3.63) is 47.4 Å². The highest BCUT2D eigenvalue weighted by atomic mass is 35.5. The molecule has 26 heavy (non-hydrogen) atoms. The Labute approximate surface area is 155 Å². The number of halogens is 2.